The molecule has 6 heteroatoms. The van der Waals surface area contributed by atoms with Crippen molar-refractivity contribution in [2.45, 2.75) is 0 Å². The molecule has 0 aliphatic heterocycles. The maximum absolute atomic E-state index is 11.4. The minimum Gasteiger partial charge on any atom is -0.453 e. The molecule has 1 heterocycles. The Morgan fingerprint density at radius 2 is 1.62 bits per heavy atom. The lowest BCUT2D eigenvalue weighted by Gasteiger charge is -2.13. The maximum atomic E-state index is 11.4. The van der Waals surface area contributed by atoms with Crippen LogP contribution in [0.3, 0.4) is 0 Å². The molecule has 0 fully saturated rings. The van der Waals surface area contributed by atoms with Crippen LogP contribution < -0.4 is 15.8 Å². The molecule has 0 aliphatic carbocycles. The molecule has 0 bridgehead atoms. The minimum absolute atomic E-state index is 0.368. The molecule has 1 aromatic heterocycles. The molecule has 29 heavy (non-hydrogen) atoms. The molecule has 1 amide bonds. The minimum atomic E-state index is -0.516. The van der Waals surface area contributed by atoms with Crippen molar-refractivity contribution in [3.05, 3.63) is 96.7 Å². The Balaban J connectivity index is 1.71. The lowest BCUT2D eigenvalue weighted by atomic mass is 10.1. The largest absolute Gasteiger partial charge is 0.453 e. The SMILES string of the molecule is NC(=O)c1cccc(Oc2cnc(Nc3ccccc3)nc2-c2ccccc2)c1. The number of nitrogens with two attached hydrogens (primary N) is 1. The van der Waals surface area contributed by atoms with Crippen molar-refractivity contribution in [2.75, 3.05) is 5.32 Å². The fourth-order valence-electron chi connectivity index (χ4n) is 2.80. The van der Waals surface area contributed by atoms with Gasteiger partial charge in [0, 0.05) is 16.8 Å². The first kappa shape index (κ1) is 18.2. The number of nitrogens with zero attached hydrogens (tertiary/aromatic N) is 2. The van der Waals surface area contributed by atoms with Crippen LogP contribution in [0, 0.1) is 0 Å². The van der Waals surface area contributed by atoms with Crippen LogP contribution in [0.4, 0.5) is 11.6 Å². The van der Waals surface area contributed by atoms with E-state index in [-0.39, 0.29) is 0 Å². The zero-order chi connectivity index (χ0) is 20.1. The number of aromatic nitrogens is 2. The summed E-state index contributed by atoms with van der Waals surface area (Å²) >= 11 is 0. The Kier molecular flexibility index (Phi) is 5.16. The number of anilines is 2. The van der Waals surface area contributed by atoms with Gasteiger partial charge in [0.15, 0.2) is 5.75 Å². The predicted octanol–water partition coefficient (Wildman–Crippen LogP) is 4.78. The average molecular weight is 382 g/mol. The molecule has 0 saturated heterocycles. The van der Waals surface area contributed by atoms with Crippen molar-refractivity contribution in [3.63, 3.8) is 0 Å². The summed E-state index contributed by atoms with van der Waals surface area (Å²) in [4.78, 5) is 20.5. The van der Waals surface area contributed by atoms with Crippen molar-refractivity contribution in [1.82, 2.24) is 9.97 Å². The third kappa shape index (κ3) is 4.39. The highest BCUT2D eigenvalue weighted by atomic mass is 16.5. The topological polar surface area (TPSA) is 90.1 Å². The van der Waals surface area contributed by atoms with E-state index in [2.05, 4.69) is 15.3 Å². The highest BCUT2D eigenvalue weighted by Gasteiger charge is 2.13. The monoisotopic (exact) mass is 382 g/mol. The first-order chi connectivity index (χ1) is 14.2. The second kappa shape index (κ2) is 8.22. The van der Waals surface area contributed by atoms with E-state index in [1.165, 1.54) is 0 Å². The van der Waals surface area contributed by atoms with Gasteiger partial charge in [0.1, 0.15) is 11.4 Å². The quantitative estimate of drug-likeness (QED) is 0.501. The Morgan fingerprint density at radius 3 is 2.34 bits per heavy atom. The number of hydrogen-bond donors (Lipinski definition) is 2. The van der Waals surface area contributed by atoms with Crippen LogP contribution >= 0.6 is 0 Å². The van der Waals surface area contributed by atoms with Gasteiger partial charge in [-0.15, -0.1) is 0 Å². The van der Waals surface area contributed by atoms with Crippen LogP contribution in [0.5, 0.6) is 11.5 Å². The van der Waals surface area contributed by atoms with Crippen molar-refractivity contribution in [1.29, 1.82) is 0 Å². The van der Waals surface area contributed by atoms with Crippen LogP contribution in [-0.2, 0) is 0 Å². The maximum Gasteiger partial charge on any atom is 0.248 e. The molecule has 0 spiro atoms. The Labute approximate surface area is 168 Å². The van der Waals surface area contributed by atoms with E-state index in [1.54, 1.807) is 30.5 Å². The van der Waals surface area contributed by atoms with Gasteiger partial charge in [0.25, 0.3) is 0 Å². The van der Waals surface area contributed by atoms with Crippen LogP contribution in [0.15, 0.2) is 91.1 Å². The lowest BCUT2D eigenvalue weighted by molar-refractivity contribution is 0.1000. The normalized spacial score (nSPS) is 10.3. The van der Waals surface area contributed by atoms with Crippen LogP contribution in [0.2, 0.25) is 0 Å². The second-order valence-electron chi connectivity index (χ2n) is 6.26. The van der Waals surface area contributed by atoms with Crippen molar-refractivity contribution in [2.24, 2.45) is 5.73 Å². The first-order valence-electron chi connectivity index (χ1n) is 9.01. The lowest BCUT2D eigenvalue weighted by Crippen LogP contribution is -2.10. The number of rotatable bonds is 6. The van der Waals surface area contributed by atoms with Gasteiger partial charge >= 0.3 is 0 Å². The van der Waals surface area contributed by atoms with Gasteiger partial charge in [0.05, 0.1) is 6.20 Å². The predicted molar refractivity (Wildman–Crippen MR) is 112 cm³/mol. The van der Waals surface area contributed by atoms with Gasteiger partial charge in [-0.1, -0.05) is 54.6 Å². The summed E-state index contributed by atoms with van der Waals surface area (Å²) in [6.07, 6.45) is 1.61. The average Bonchev–Trinajstić information content (AvgIpc) is 2.76. The summed E-state index contributed by atoms with van der Waals surface area (Å²) in [5.41, 5.74) is 8.12. The van der Waals surface area contributed by atoms with Crippen LogP contribution in [0.1, 0.15) is 10.4 Å². The summed E-state index contributed by atoms with van der Waals surface area (Å²) in [6, 6.07) is 26.1. The van der Waals surface area contributed by atoms with Crippen LogP contribution in [-0.4, -0.2) is 15.9 Å². The number of carbonyl (C=O) groups excluding carboxylic acids is 1. The van der Waals surface area contributed by atoms with Crippen molar-refractivity contribution in [3.8, 4) is 22.8 Å². The summed E-state index contributed by atoms with van der Waals surface area (Å²) < 4.78 is 6.00. The zero-order valence-corrected chi connectivity index (χ0v) is 15.4. The molecular weight excluding hydrogens is 364 g/mol. The smallest absolute Gasteiger partial charge is 0.248 e. The molecule has 0 aliphatic rings. The summed E-state index contributed by atoms with van der Waals surface area (Å²) in [6.45, 7) is 0. The summed E-state index contributed by atoms with van der Waals surface area (Å²) in [5, 5.41) is 3.19. The van der Waals surface area contributed by atoms with E-state index >= 15 is 0 Å². The van der Waals surface area contributed by atoms with E-state index < -0.39 is 5.91 Å². The van der Waals surface area contributed by atoms with Crippen molar-refractivity contribution >= 4 is 17.5 Å². The molecule has 3 N–H and O–H groups in total. The van der Waals surface area contributed by atoms with Gasteiger partial charge in [0.2, 0.25) is 11.9 Å². The van der Waals surface area contributed by atoms with Gasteiger partial charge in [-0.2, -0.15) is 0 Å². The highest BCUT2D eigenvalue weighted by Crippen LogP contribution is 2.32. The third-order valence-corrected chi connectivity index (χ3v) is 4.18. The second-order valence-corrected chi connectivity index (χ2v) is 6.26. The molecule has 0 radical (unpaired) electrons. The molecule has 6 nitrogen and oxygen atoms in total. The summed E-state index contributed by atoms with van der Waals surface area (Å²) in [7, 11) is 0. The van der Waals surface area contributed by atoms with E-state index in [0.29, 0.717) is 28.7 Å². The number of hydrogen-bond acceptors (Lipinski definition) is 5. The zero-order valence-electron chi connectivity index (χ0n) is 15.4. The van der Waals surface area contributed by atoms with E-state index in [4.69, 9.17) is 10.5 Å². The molecule has 0 atom stereocenters. The molecule has 0 saturated carbocycles. The van der Waals surface area contributed by atoms with E-state index in [1.807, 2.05) is 60.7 Å². The van der Waals surface area contributed by atoms with Gasteiger partial charge < -0.3 is 15.8 Å². The molecule has 3 aromatic carbocycles. The first-order valence-corrected chi connectivity index (χ1v) is 9.01. The number of para-hydroxylation sites is 1. The fraction of sp³-hybridized carbons (Fsp3) is 0. The number of benzene rings is 3. The number of primary amides is 1. The Hall–Kier alpha value is -4.19. The molecular formula is C23H18N4O2. The molecule has 4 rings (SSSR count). The van der Waals surface area contributed by atoms with Gasteiger partial charge in [-0.05, 0) is 30.3 Å². The van der Waals surface area contributed by atoms with Crippen LogP contribution in [0.25, 0.3) is 11.3 Å². The number of carbonyl (C=O) groups is 1. The number of ether oxygens (including phenoxy) is 1. The van der Waals surface area contributed by atoms with E-state index in [0.717, 1.165) is 11.3 Å². The third-order valence-electron chi connectivity index (χ3n) is 4.18. The fourth-order valence-corrected chi connectivity index (χ4v) is 2.80. The van der Waals surface area contributed by atoms with E-state index in [9.17, 15) is 4.79 Å². The van der Waals surface area contributed by atoms with Gasteiger partial charge in [-0.3, -0.25) is 4.79 Å². The highest BCUT2D eigenvalue weighted by molar-refractivity contribution is 5.93. The number of nitrogens with one attached hydrogen (secondary N) is 1. The number of amides is 1. The molecule has 142 valence electrons. The van der Waals surface area contributed by atoms with Crippen molar-refractivity contribution < 1.29 is 9.53 Å². The summed E-state index contributed by atoms with van der Waals surface area (Å²) in [5.74, 6) is 0.882. The Bertz CT molecular complexity index is 1130. The molecule has 4 aromatic rings. The standard InChI is InChI=1S/C23H18N4O2/c24-22(28)17-10-7-13-19(14-17)29-20-15-25-23(26-18-11-5-2-6-12-18)27-21(20)16-8-3-1-4-9-16/h1-15H,(H2,24,28)(H,25,26,27). The van der Waals surface area contributed by atoms with Gasteiger partial charge in [-0.25, -0.2) is 9.97 Å². The molecule has 0 unspecified atom stereocenters. The Morgan fingerprint density at radius 1 is 0.897 bits per heavy atom.